The lowest BCUT2D eigenvalue weighted by Crippen LogP contribution is -2.21. The van der Waals surface area contributed by atoms with Crippen molar-refractivity contribution in [1.82, 2.24) is 19.5 Å². The fourth-order valence-electron chi connectivity index (χ4n) is 2.51. The van der Waals surface area contributed by atoms with E-state index in [0.717, 1.165) is 0 Å². The van der Waals surface area contributed by atoms with Crippen LogP contribution < -0.4 is 5.73 Å². The molecule has 2 aromatic heterocycles. The molecule has 0 spiro atoms. The maximum Gasteiger partial charge on any atom is 0.325 e. The molecule has 120 valence electrons. The molecule has 3 atom stereocenters. The first-order chi connectivity index (χ1) is 10.4. The number of hydrogen-bond donors (Lipinski definition) is 3. The SMILES string of the molecule is Nc1ncnc2c1ncn2[C@@H]1OC[C@H](CCP(=O)(O)O)[C@H]1F. The lowest BCUT2D eigenvalue weighted by molar-refractivity contribution is 0.0241. The van der Waals surface area contributed by atoms with Gasteiger partial charge >= 0.3 is 7.60 Å². The van der Waals surface area contributed by atoms with Gasteiger partial charge in [0.05, 0.1) is 19.1 Å². The molecule has 22 heavy (non-hydrogen) atoms. The Hall–Kier alpha value is -1.61. The molecule has 0 aromatic carbocycles. The molecule has 11 heteroatoms. The van der Waals surface area contributed by atoms with Crippen LogP contribution in [0.1, 0.15) is 12.6 Å². The molecule has 0 aliphatic carbocycles. The van der Waals surface area contributed by atoms with Gasteiger partial charge in [-0.1, -0.05) is 0 Å². The monoisotopic (exact) mass is 331 g/mol. The van der Waals surface area contributed by atoms with Crippen LogP contribution in [-0.4, -0.2) is 48.2 Å². The van der Waals surface area contributed by atoms with Crippen molar-refractivity contribution in [3.63, 3.8) is 0 Å². The number of imidazole rings is 1. The topological polar surface area (TPSA) is 136 Å². The first-order valence-electron chi connectivity index (χ1n) is 6.60. The molecule has 0 saturated carbocycles. The predicted molar refractivity (Wildman–Crippen MR) is 74.6 cm³/mol. The second-order valence-electron chi connectivity index (χ2n) is 5.19. The van der Waals surface area contributed by atoms with Crippen LogP contribution >= 0.6 is 7.60 Å². The van der Waals surface area contributed by atoms with E-state index < -0.39 is 25.9 Å². The van der Waals surface area contributed by atoms with Crippen molar-refractivity contribution in [3.05, 3.63) is 12.7 Å². The van der Waals surface area contributed by atoms with Crippen LogP contribution in [0.15, 0.2) is 12.7 Å². The van der Waals surface area contributed by atoms with Gasteiger partial charge in [0.2, 0.25) is 0 Å². The molecule has 1 aliphatic heterocycles. The fraction of sp³-hybridized carbons (Fsp3) is 0.545. The van der Waals surface area contributed by atoms with Crippen LogP contribution in [0.5, 0.6) is 0 Å². The van der Waals surface area contributed by atoms with Crippen molar-refractivity contribution in [2.24, 2.45) is 5.92 Å². The first kappa shape index (κ1) is 15.3. The van der Waals surface area contributed by atoms with E-state index in [1.807, 2.05) is 0 Å². The number of alkyl halides is 1. The summed E-state index contributed by atoms with van der Waals surface area (Å²) in [6, 6.07) is 0. The zero-order valence-electron chi connectivity index (χ0n) is 11.4. The van der Waals surface area contributed by atoms with Crippen LogP contribution in [0.2, 0.25) is 0 Å². The summed E-state index contributed by atoms with van der Waals surface area (Å²) in [5.74, 6) is -0.399. The van der Waals surface area contributed by atoms with Gasteiger partial charge in [-0.05, 0) is 6.42 Å². The second kappa shape index (κ2) is 5.54. The standard InChI is InChI=1S/C11H15FN5O4P/c12-7-6(1-2-22(18,19)20)3-21-11(7)17-5-16-8-9(13)14-4-15-10(8)17/h4-7,11H,1-3H2,(H2,13,14,15)(H2,18,19,20)/t6-,7+,11+/m0/s1. The number of nitrogens with two attached hydrogens (primary N) is 1. The average Bonchev–Trinajstić information content (AvgIpc) is 3.00. The highest BCUT2D eigenvalue weighted by molar-refractivity contribution is 7.51. The smallest absolute Gasteiger partial charge is 0.325 e. The Labute approximate surface area is 124 Å². The molecule has 3 rings (SSSR count). The Morgan fingerprint density at radius 2 is 2.23 bits per heavy atom. The second-order valence-corrected chi connectivity index (χ2v) is 6.96. The Morgan fingerprint density at radius 1 is 1.45 bits per heavy atom. The normalized spacial score (nSPS) is 25.9. The van der Waals surface area contributed by atoms with Gasteiger partial charge in [0, 0.05) is 5.92 Å². The van der Waals surface area contributed by atoms with E-state index >= 15 is 0 Å². The molecule has 0 unspecified atom stereocenters. The van der Waals surface area contributed by atoms with E-state index in [1.165, 1.54) is 17.2 Å². The Bertz CT molecular complexity index is 734. The molecule has 0 bridgehead atoms. The van der Waals surface area contributed by atoms with Crippen molar-refractivity contribution < 1.29 is 23.5 Å². The number of aromatic nitrogens is 4. The Morgan fingerprint density at radius 3 is 2.95 bits per heavy atom. The van der Waals surface area contributed by atoms with Gasteiger partial charge in [-0.2, -0.15) is 0 Å². The Kier molecular flexibility index (Phi) is 3.85. The molecule has 3 heterocycles. The third kappa shape index (κ3) is 2.82. The summed E-state index contributed by atoms with van der Waals surface area (Å²) < 4.78 is 32.3. The average molecular weight is 331 g/mol. The van der Waals surface area contributed by atoms with Crippen molar-refractivity contribution in [3.8, 4) is 0 Å². The number of hydrogen-bond acceptors (Lipinski definition) is 6. The minimum atomic E-state index is -4.15. The van der Waals surface area contributed by atoms with Crippen molar-refractivity contribution >= 4 is 24.6 Å². The quantitative estimate of drug-likeness (QED) is 0.687. The Balaban J connectivity index is 1.81. The van der Waals surface area contributed by atoms with Gasteiger partial charge in [0.1, 0.15) is 11.8 Å². The zero-order valence-corrected chi connectivity index (χ0v) is 12.3. The van der Waals surface area contributed by atoms with E-state index in [9.17, 15) is 8.96 Å². The highest BCUT2D eigenvalue weighted by Gasteiger charge is 2.40. The number of nitrogen functional groups attached to an aromatic ring is 1. The summed E-state index contributed by atoms with van der Waals surface area (Å²) >= 11 is 0. The zero-order chi connectivity index (χ0) is 15.9. The summed E-state index contributed by atoms with van der Waals surface area (Å²) in [6.07, 6.45) is -0.0532. The van der Waals surface area contributed by atoms with Crippen LogP contribution in [0, 0.1) is 5.92 Å². The van der Waals surface area contributed by atoms with Gasteiger partial charge in [0.25, 0.3) is 0 Å². The van der Waals surface area contributed by atoms with Gasteiger partial charge in [-0.15, -0.1) is 0 Å². The first-order valence-corrected chi connectivity index (χ1v) is 8.40. The molecule has 1 fully saturated rings. The summed E-state index contributed by atoms with van der Waals surface area (Å²) in [5.41, 5.74) is 6.39. The van der Waals surface area contributed by atoms with E-state index in [2.05, 4.69) is 15.0 Å². The molecule has 0 radical (unpaired) electrons. The third-order valence-electron chi connectivity index (χ3n) is 3.66. The highest BCUT2D eigenvalue weighted by Crippen LogP contribution is 2.41. The van der Waals surface area contributed by atoms with Gasteiger partial charge < -0.3 is 20.3 Å². The number of rotatable bonds is 4. The highest BCUT2D eigenvalue weighted by atomic mass is 31.2. The molecule has 1 saturated heterocycles. The molecule has 4 N–H and O–H groups in total. The molecular weight excluding hydrogens is 316 g/mol. The van der Waals surface area contributed by atoms with Crippen LogP contribution in [-0.2, 0) is 9.30 Å². The summed E-state index contributed by atoms with van der Waals surface area (Å²) in [5, 5.41) is 0. The van der Waals surface area contributed by atoms with Crippen molar-refractivity contribution in [2.75, 3.05) is 18.5 Å². The van der Waals surface area contributed by atoms with Crippen LogP contribution in [0.3, 0.4) is 0 Å². The third-order valence-corrected chi connectivity index (χ3v) is 4.50. The summed E-state index contributed by atoms with van der Waals surface area (Å²) in [4.78, 5) is 29.7. The van der Waals surface area contributed by atoms with Crippen LogP contribution in [0.25, 0.3) is 11.2 Å². The maximum atomic E-state index is 14.5. The molecule has 0 amide bonds. The van der Waals surface area contributed by atoms with Gasteiger partial charge in [-0.3, -0.25) is 9.13 Å². The molecule has 9 nitrogen and oxygen atoms in total. The largest absolute Gasteiger partial charge is 0.382 e. The number of fused-ring (bicyclic) bond motifs is 1. The summed E-state index contributed by atoms with van der Waals surface area (Å²) in [6.45, 7) is 0.0755. The van der Waals surface area contributed by atoms with Crippen molar-refractivity contribution in [2.45, 2.75) is 18.8 Å². The number of ether oxygens (including phenoxy) is 1. The van der Waals surface area contributed by atoms with E-state index in [-0.39, 0.29) is 25.0 Å². The lowest BCUT2D eigenvalue weighted by atomic mass is 10.0. The number of anilines is 1. The number of nitrogens with zero attached hydrogens (tertiary/aromatic N) is 4. The number of halogens is 1. The van der Waals surface area contributed by atoms with Gasteiger partial charge in [-0.25, -0.2) is 19.3 Å². The molecule has 2 aromatic rings. The maximum absolute atomic E-state index is 14.5. The van der Waals surface area contributed by atoms with E-state index in [1.54, 1.807) is 0 Å². The van der Waals surface area contributed by atoms with E-state index in [4.69, 9.17) is 20.3 Å². The molecule has 1 aliphatic rings. The van der Waals surface area contributed by atoms with E-state index in [0.29, 0.717) is 11.2 Å². The van der Waals surface area contributed by atoms with Crippen LogP contribution in [0.4, 0.5) is 10.2 Å². The fourth-order valence-corrected chi connectivity index (χ4v) is 3.17. The minimum absolute atomic E-state index is 0.0473. The predicted octanol–water partition coefficient (Wildman–Crippen LogP) is 0.459. The summed E-state index contributed by atoms with van der Waals surface area (Å²) in [7, 11) is -4.15. The minimum Gasteiger partial charge on any atom is -0.382 e. The van der Waals surface area contributed by atoms with Gasteiger partial charge in [0.15, 0.2) is 23.9 Å². The van der Waals surface area contributed by atoms with Crippen molar-refractivity contribution in [1.29, 1.82) is 0 Å². The molecular formula is C11H15FN5O4P. The lowest BCUT2D eigenvalue weighted by Gasteiger charge is -2.17.